The lowest BCUT2D eigenvalue weighted by Crippen LogP contribution is -2.52. The van der Waals surface area contributed by atoms with Crippen molar-refractivity contribution in [3.63, 3.8) is 0 Å². The van der Waals surface area contributed by atoms with Gasteiger partial charge in [0, 0.05) is 74.1 Å². The molecule has 2 fully saturated rings. The first kappa shape index (κ1) is 55.6. The lowest BCUT2D eigenvalue weighted by molar-refractivity contribution is -0.142. The summed E-state index contributed by atoms with van der Waals surface area (Å²) in [5.41, 5.74) is 9.21. The van der Waals surface area contributed by atoms with E-state index >= 15 is 0 Å². The third kappa shape index (κ3) is 20.0. The number of benzene rings is 1. The summed E-state index contributed by atoms with van der Waals surface area (Å²) in [6.45, 7) is 0.990. The van der Waals surface area contributed by atoms with Crippen molar-refractivity contribution in [1.29, 1.82) is 0 Å². The van der Waals surface area contributed by atoms with E-state index in [1.54, 1.807) is 9.80 Å². The number of azide groups is 1. The van der Waals surface area contributed by atoms with Gasteiger partial charge in [0.2, 0.25) is 11.8 Å². The molecule has 27 nitrogen and oxygen atoms in total. The predicted molar refractivity (Wildman–Crippen MR) is 236 cm³/mol. The van der Waals surface area contributed by atoms with Crippen LogP contribution in [0, 0.1) is 11.8 Å². The SMILES string of the molecule is [N-]=[N+]=Nc1ccc(C(=O)NC(CCC(=O)N2CCC(CC(NC(=O)N[C@@H](CCC(=O)O)C(=O)O)C(=O)O)CC2)CCC(=O)N2CCC(C[C@H](NC(=O)N[C@H](CCC(=O)O)C(=O)O)C(=O)O)CC2)cc1. The van der Waals surface area contributed by atoms with E-state index in [1.165, 1.54) is 24.3 Å². The van der Waals surface area contributed by atoms with Gasteiger partial charge in [-0.05, 0) is 93.7 Å². The Hall–Kier alpha value is -7.70. The molecule has 1 aromatic rings. The molecule has 0 saturated carbocycles. The lowest BCUT2D eigenvalue weighted by Gasteiger charge is -2.34. The summed E-state index contributed by atoms with van der Waals surface area (Å²) < 4.78 is 0. The van der Waals surface area contributed by atoms with Gasteiger partial charge in [-0.3, -0.25) is 24.0 Å². The fourth-order valence-corrected chi connectivity index (χ4v) is 7.91. The first-order valence-corrected chi connectivity index (χ1v) is 22.2. The van der Waals surface area contributed by atoms with Gasteiger partial charge in [-0.15, -0.1) is 0 Å². The van der Waals surface area contributed by atoms with Crippen molar-refractivity contribution in [3.05, 3.63) is 40.3 Å². The van der Waals surface area contributed by atoms with E-state index in [9.17, 15) is 73.2 Å². The van der Waals surface area contributed by atoms with E-state index < -0.39 is 110 Å². The van der Waals surface area contributed by atoms with Crippen LogP contribution in [0.1, 0.15) is 100 Å². The largest absolute Gasteiger partial charge is 0.481 e. The summed E-state index contributed by atoms with van der Waals surface area (Å²) in [5.74, 6) is -9.83. The Balaban J connectivity index is 1.56. The number of hydrogen-bond donors (Lipinski definition) is 11. The predicted octanol–water partition coefficient (Wildman–Crippen LogP) is 1.69. The number of carboxylic acid groups (broad SMARTS) is 6. The highest BCUT2D eigenvalue weighted by molar-refractivity contribution is 5.95. The molecule has 2 unspecified atom stereocenters. The van der Waals surface area contributed by atoms with Crippen LogP contribution >= 0.6 is 0 Å². The molecule has 7 amide bonds. The first-order chi connectivity index (χ1) is 32.6. The standard InChI is InChI=1S/C42H58N10O17/c43-50-49-27-3-1-25(2-4-27)36(59)44-26(5-9-32(53)51-17-13-23(14-18-51)21-30(39(64)65)47-41(68)45-28(37(60)61)7-11-34(55)56)6-10-33(54)52-19-15-24(16-20-52)22-31(40(66)67)48-42(69)46-29(38(62)63)8-12-35(57)58/h1-4,23-24,26,28-31H,5-22H2,(H,44,59)(H,55,56)(H,57,58)(H,60,61)(H,62,63)(H,64,65)(H,66,67)(H2,45,47,68)(H2,46,48,69)/t26?,28-,29+,30+,31?/m1/s1. The smallest absolute Gasteiger partial charge is 0.326 e. The summed E-state index contributed by atoms with van der Waals surface area (Å²) in [6.07, 6.45) is -0.308. The molecule has 0 bridgehead atoms. The maximum Gasteiger partial charge on any atom is 0.326 e. The first-order valence-electron chi connectivity index (χ1n) is 22.2. The Kier molecular flexibility index (Phi) is 22.4. The zero-order valence-electron chi connectivity index (χ0n) is 37.5. The van der Waals surface area contributed by atoms with Crippen molar-refractivity contribution in [1.82, 2.24) is 36.4 Å². The summed E-state index contributed by atoms with van der Waals surface area (Å²) in [5, 5.41) is 70.8. The van der Waals surface area contributed by atoms with E-state index in [-0.39, 0.29) is 99.6 Å². The molecule has 69 heavy (non-hydrogen) atoms. The third-order valence-electron chi connectivity index (χ3n) is 11.8. The number of carboxylic acids is 6. The maximum atomic E-state index is 13.5. The number of likely N-dealkylation sites (tertiary alicyclic amines) is 2. The number of carbonyl (C=O) groups excluding carboxylic acids is 5. The molecule has 0 aromatic heterocycles. The van der Waals surface area contributed by atoms with Gasteiger partial charge in [0.25, 0.3) is 5.91 Å². The highest BCUT2D eigenvalue weighted by Crippen LogP contribution is 2.25. The number of piperidine rings is 2. The van der Waals surface area contributed by atoms with Crippen LogP contribution in [0.3, 0.4) is 0 Å². The molecule has 11 N–H and O–H groups in total. The topological polar surface area (TPSA) is 425 Å². The second-order valence-corrected chi connectivity index (χ2v) is 16.8. The second-order valence-electron chi connectivity index (χ2n) is 16.8. The zero-order chi connectivity index (χ0) is 51.2. The Morgan fingerprint density at radius 3 is 1.23 bits per heavy atom. The van der Waals surface area contributed by atoms with Crippen LogP contribution in [-0.2, 0) is 38.4 Å². The van der Waals surface area contributed by atoms with Gasteiger partial charge in [0.15, 0.2) is 0 Å². The number of nitrogens with zero attached hydrogens (tertiary/aromatic N) is 5. The Labute approximate surface area is 394 Å². The molecule has 0 radical (unpaired) electrons. The molecule has 0 spiro atoms. The fourth-order valence-electron chi connectivity index (χ4n) is 7.91. The molecule has 2 aliphatic heterocycles. The van der Waals surface area contributed by atoms with E-state index in [2.05, 4.69) is 36.6 Å². The molecule has 27 heteroatoms. The number of amides is 7. The average Bonchev–Trinajstić information content (AvgIpc) is 3.29. The molecule has 2 heterocycles. The number of rotatable bonds is 27. The van der Waals surface area contributed by atoms with E-state index in [4.69, 9.17) is 15.7 Å². The Bertz CT molecular complexity index is 1980. The van der Waals surface area contributed by atoms with E-state index in [0.29, 0.717) is 25.7 Å². The van der Waals surface area contributed by atoms with Crippen molar-refractivity contribution in [2.75, 3.05) is 26.2 Å². The lowest BCUT2D eigenvalue weighted by atomic mass is 9.89. The van der Waals surface area contributed by atoms with Gasteiger partial charge in [0.1, 0.15) is 24.2 Å². The highest BCUT2D eigenvalue weighted by Gasteiger charge is 2.33. The van der Waals surface area contributed by atoms with Crippen LogP contribution < -0.4 is 26.6 Å². The van der Waals surface area contributed by atoms with Crippen LogP contribution in [0.4, 0.5) is 15.3 Å². The van der Waals surface area contributed by atoms with Crippen molar-refractivity contribution < 1.29 is 83.4 Å². The van der Waals surface area contributed by atoms with Crippen LogP contribution in [-0.4, -0.2) is 162 Å². The van der Waals surface area contributed by atoms with Gasteiger partial charge >= 0.3 is 47.9 Å². The Morgan fingerprint density at radius 1 is 0.536 bits per heavy atom. The van der Waals surface area contributed by atoms with Crippen LogP contribution in [0.15, 0.2) is 29.4 Å². The molecule has 0 aliphatic carbocycles. The van der Waals surface area contributed by atoms with Crippen LogP contribution in [0.2, 0.25) is 0 Å². The minimum Gasteiger partial charge on any atom is -0.481 e. The number of hydrogen-bond acceptors (Lipinski definition) is 12. The molecule has 378 valence electrons. The molecule has 2 aliphatic rings. The summed E-state index contributed by atoms with van der Waals surface area (Å²) >= 11 is 0. The maximum absolute atomic E-state index is 13.5. The molecular weight excluding hydrogens is 917 g/mol. The monoisotopic (exact) mass is 974 g/mol. The molecule has 1 aromatic carbocycles. The van der Waals surface area contributed by atoms with Crippen LogP contribution in [0.25, 0.3) is 10.4 Å². The number of carbonyl (C=O) groups is 11. The second kappa shape index (κ2) is 27.8. The van der Waals surface area contributed by atoms with Gasteiger partial charge in [0.05, 0.1) is 0 Å². The number of aliphatic carboxylic acids is 6. The zero-order valence-corrected chi connectivity index (χ0v) is 37.5. The Morgan fingerprint density at radius 2 is 0.899 bits per heavy atom. The van der Waals surface area contributed by atoms with Crippen molar-refractivity contribution >= 4 is 71.3 Å². The molecule has 2 saturated heterocycles. The number of urea groups is 2. The normalized spacial score (nSPS) is 16.2. The average molecular weight is 975 g/mol. The van der Waals surface area contributed by atoms with Crippen molar-refractivity contribution in [2.24, 2.45) is 17.0 Å². The summed E-state index contributed by atoms with van der Waals surface area (Å²) in [7, 11) is 0. The molecule has 5 atom stereocenters. The van der Waals surface area contributed by atoms with Gasteiger partial charge in [-0.1, -0.05) is 17.2 Å². The molecule has 3 rings (SSSR count). The van der Waals surface area contributed by atoms with Gasteiger partial charge < -0.3 is 67.0 Å². The minimum atomic E-state index is -1.56. The van der Waals surface area contributed by atoms with Crippen LogP contribution in [0.5, 0.6) is 0 Å². The van der Waals surface area contributed by atoms with Gasteiger partial charge in [-0.2, -0.15) is 0 Å². The van der Waals surface area contributed by atoms with E-state index in [1.807, 2.05) is 0 Å². The van der Waals surface area contributed by atoms with E-state index in [0.717, 1.165) is 0 Å². The number of nitrogens with one attached hydrogen (secondary N) is 5. The van der Waals surface area contributed by atoms with Gasteiger partial charge in [-0.25, -0.2) is 28.8 Å². The fraction of sp³-hybridized carbons (Fsp3) is 0.595. The summed E-state index contributed by atoms with van der Waals surface area (Å²) in [4.78, 5) is 140. The molecular formula is C42H58N10O17. The minimum absolute atomic E-state index is 0.0323. The quantitative estimate of drug-likeness (QED) is 0.0339. The van der Waals surface area contributed by atoms with Crippen molar-refractivity contribution in [3.8, 4) is 0 Å². The van der Waals surface area contributed by atoms with Crippen molar-refractivity contribution in [2.45, 2.75) is 120 Å². The summed E-state index contributed by atoms with van der Waals surface area (Å²) in [6, 6.07) is -3.04. The highest BCUT2D eigenvalue weighted by atomic mass is 16.4. The third-order valence-corrected chi connectivity index (χ3v) is 11.8.